The summed E-state index contributed by atoms with van der Waals surface area (Å²) in [5, 5.41) is 19.7. The summed E-state index contributed by atoms with van der Waals surface area (Å²) in [6, 6.07) is 185. The topological polar surface area (TPSA) is 19.4 Å². The fraction of sp³-hybridized carbons (Fsp3) is 0.0240. The summed E-state index contributed by atoms with van der Waals surface area (Å²) in [6.07, 6.45) is 0. The molecule has 131 heavy (non-hydrogen) atoms. The van der Waals surface area contributed by atoms with Crippen molar-refractivity contribution >= 4 is 171 Å². The second kappa shape index (κ2) is 36.5. The van der Waals surface area contributed by atoms with Crippen LogP contribution in [0.1, 0.15) is 0 Å². The smallest absolute Gasteiger partial charge is 0.0540 e. The van der Waals surface area contributed by atoms with Crippen LogP contribution in [0.3, 0.4) is 0 Å². The van der Waals surface area contributed by atoms with Gasteiger partial charge in [-0.1, -0.05) is 376 Å². The highest BCUT2D eigenvalue weighted by Crippen LogP contribution is 2.48. The molecule has 0 saturated carbocycles. The highest BCUT2D eigenvalue weighted by molar-refractivity contribution is 6.09. The average Bonchev–Trinajstić information content (AvgIpc) is 0.769. The lowest BCUT2D eigenvalue weighted by Crippen LogP contribution is -2.11. The second-order valence-electron chi connectivity index (χ2n) is 33.3. The molecule has 0 spiro atoms. The maximum absolute atomic E-state index is 2.40. The normalized spacial score (nSPS) is 11.2. The van der Waals surface area contributed by atoms with Crippen LogP contribution in [-0.4, -0.2) is 21.1 Å². The van der Waals surface area contributed by atoms with Crippen molar-refractivity contribution in [1.82, 2.24) is 0 Å². The SMILES string of the molecule is CN(c1ccc(-c2ccc(N(c3cccc4ccccc34)c3cccc4ccccc34)cc2)cc1)c1ccc2ccccc2c1.CN(c1ccc(-c2ccc(N(c3cccc4ccccc34)c3cccc4ccccc34)cc2)cc1)c1cccc2ccccc12.CN(c1ccccc1)c1ccc(-c2ccc(N(c3cccc4ccccc34)c3cccc4ccccc34)cc2)cc1. The van der Waals surface area contributed by atoms with Crippen LogP contribution in [0.15, 0.2) is 516 Å². The molecule has 23 rings (SSSR count). The number of rotatable bonds is 18. The summed E-state index contributed by atoms with van der Waals surface area (Å²) in [4.78, 5) is 13.9. The summed E-state index contributed by atoms with van der Waals surface area (Å²) in [6.45, 7) is 0. The summed E-state index contributed by atoms with van der Waals surface area (Å²) in [5.41, 5.74) is 24.5. The van der Waals surface area contributed by atoms with E-state index in [-0.39, 0.29) is 0 Å². The average molecular weight is 1680 g/mol. The summed E-state index contributed by atoms with van der Waals surface area (Å²) >= 11 is 0. The maximum Gasteiger partial charge on any atom is 0.0540 e. The van der Waals surface area contributed by atoms with Crippen molar-refractivity contribution < 1.29 is 0 Å². The van der Waals surface area contributed by atoms with E-state index in [2.05, 4.69) is 560 Å². The number of fused-ring (bicyclic) bond motifs is 8. The fourth-order valence-electron chi connectivity index (χ4n) is 18.7. The fourth-order valence-corrected chi connectivity index (χ4v) is 18.7. The Morgan fingerprint density at radius 1 is 0.115 bits per heavy atom. The molecule has 0 saturated heterocycles. The monoisotopic (exact) mass is 1680 g/mol. The van der Waals surface area contributed by atoms with E-state index >= 15 is 0 Å². The Bertz CT molecular complexity index is 7740. The largest absolute Gasteiger partial charge is 0.345 e. The third-order valence-electron chi connectivity index (χ3n) is 25.6. The molecule has 0 atom stereocenters. The second-order valence-corrected chi connectivity index (χ2v) is 33.3. The van der Waals surface area contributed by atoms with Crippen LogP contribution in [0.4, 0.5) is 85.3 Å². The number of hydrogen-bond donors (Lipinski definition) is 0. The van der Waals surface area contributed by atoms with E-state index in [1.165, 1.54) is 159 Å². The number of anilines is 15. The van der Waals surface area contributed by atoms with Crippen LogP contribution < -0.4 is 29.4 Å². The minimum absolute atomic E-state index is 1.12. The molecule has 0 bridgehead atoms. The van der Waals surface area contributed by atoms with Gasteiger partial charge in [-0.05, 0) is 221 Å². The van der Waals surface area contributed by atoms with Crippen molar-refractivity contribution in [3.8, 4) is 33.4 Å². The molecule has 23 aromatic carbocycles. The van der Waals surface area contributed by atoms with Gasteiger partial charge in [0, 0.05) is 110 Å². The Hall–Kier alpha value is -17.1. The predicted molar refractivity (Wildman–Crippen MR) is 563 cm³/mol. The maximum atomic E-state index is 2.40. The van der Waals surface area contributed by atoms with Crippen molar-refractivity contribution in [1.29, 1.82) is 0 Å². The van der Waals surface area contributed by atoms with Crippen molar-refractivity contribution in [2.45, 2.75) is 0 Å². The van der Waals surface area contributed by atoms with Gasteiger partial charge in [0.2, 0.25) is 0 Å². The van der Waals surface area contributed by atoms with Gasteiger partial charge in [-0.3, -0.25) is 0 Å². The van der Waals surface area contributed by atoms with Crippen molar-refractivity contribution in [3.05, 3.63) is 516 Å². The molecule has 0 N–H and O–H groups in total. The molecule has 23 aromatic rings. The number of hydrogen-bond acceptors (Lipinski definition) is 6. The third-order valence-corrected chi connectivity index (χ3v) is 25.6. The Morgan fingerprint density at radius 2 is 0.298 bits per heavy atom. The lowest BCUT2D eigenvalue weighted by atomic mass is 10.0. The van der Waals surface area contributed by atoms with Crippen LogP contribution in [0, 0.1) is 0 Å². The van der Waals surface area contributed by atoms with Gasteiger partial charge in [-0.25, -0.2) is 0 Å². The highest BCUT2D eigenvalue weighted by atomic mass is 15.2. The number of para-hydroxylation sites is 1. The van der Waals surface area contributed by atoms with Gasteiger partial charge in [-0.15, -0.1) is 0 Å². The van der Waals surface area contributed by atoms with E-state index in [1.54, 1.807) is 0 Å². The van der Waals surface area contributed by atoms with E-state index in [1.807, 2.05) is 6.07 Å². The van der Waals surface area contributed by atoms with Gasteiger partial charge in [-0.2, -0.15) is 0 Å². The Kier molecular flexibility index (Phi) is 22.6. The van der Waals surface area contributed by atoms with Crippen LogP contribution in [-0.2, 0) is 0 Å². The van der Waals surface area contributed by atoms with Gasteiger partial charge in [0.1, 0.15) is 0 Å². The molecule has 6 heteroatoms. The van der Waals surface area contributed by atoms with Crippen LogP contribution >= 0.6 is 0 Å². The summed E-state index contributed by atoms with van der Waals surface area (Å²) in [5.74, 6) is 0. The zero-order chi connectivity index (χ0) is 87.9. The molecular formula is C125H94N6. The molecule has 0 fully saturated rings. The van der Waals surface area contributed by atoms with Crippen molar-refractivity contribution in [2.75, 3.05) is 50.5 Å². The molecule has 0 radical (unpaired) electrons. The minimum atomic E-state index is 1.12. The first-order chi connectivity index (χ1) is 64.7. The van der Waals surface area contributed by atoms with Gasteiger partial charge < -0.3 is 29.4 Å². The molecule has 0 aliphatic heterocycles. The zero-order valence-corrected chi connectivity index (χ0v) is 73.3. The lowest BCUT2D eigenvalue weighted by molar-refractivity contribution is 1.21. The quantitative estimate of drug-likeness (QED) is 0.0847. The minimum Gasteiger partial charge on any atom is -0.345 e. The third kappa shape index (κ3) is 16.5. The lowest BCUT2D eigenvalue weighted by Gasteiger charge is -2.28. The first-order valence-corrected chi connectivity index (χ1v) is 44.8. The standard InChI is InChI=1S/2C43H32N2.C39H30N2/c1-44(41-20-8-14-33-11-2-5-17-38(33)41)36-27-23-31(24-28-36)32-25-29-37(30-26-32)45(42-21-9-15-34-12-3-6-18-39(34)42)43-22-10-16-35-13-4-7-19-40(35)43;1-44(39-29-24-31-10-2-3-13-36(31)30-39)37-25-20-32(21-26-37)33-22-27-38(28-23-33)45(42-18-8-14-34-11-4-6-16-40(34)42)43-19-9-15-35-12-5-7-17-41(35)43;1-40(33-15-3-2-4-16-33)34-25-21-29(22-26-34)30-23-27-35(28-24-30)41(38-19-9-13-31-11-5-7-17-36(31)38)39-20-10-14-32-12-6-8-18-37(32)39/h2*2-30H,1H3;2-28H,1H3. The van der Waals surface area contributed by atoms with E-state index in [0.717, 1.165) is 45.5 Å². The molecule has 0 aliphatic rings. The number of benzene rings is 23. The van der Waals surface area contributed by atoms with Crippen molar-refractivity contribution in [3.63, 3.8) is 0 Å². The molecule has 6 nitrogen and oxygen atoms in total. The molecule has 0 heterocycles. The zero-order valence-electron chi connectivity index (χ0n) is 73.3. The highest BCUT2D eigenvalue weighted by Gasteiger charge is 2.23. The molecule has 0 aliphatic carbocycles. The van der Waals surface area contributed by atoms with Crippen molar-refractivity contribution in [2.24, 2.45) is 0 Å². The first-order valence-electron chi connectivity index (χ1n) is 44.8. The van der Waals surface area contributed by atoms with Crippen LogP contribution in [0.5, 0.6) is 0 Å². The van der Waals surface area contributed by atoms with Crippen LogP contribution in [0.2, 0.25) is 0 Å². The summed E-state index contributed by atoms with van der Waals surface area (Å²) < 4.78 is 0. The summed E-state index contributed by atoms with van der Waals surface area (Å²) in [7, 11) is 6.37. The van der Waals surface area contributed by atoms with Gasteiger partial charge in [0.25, 0.3) is 0 Å². The number of nitrogens with zero attached hydrogens (tertiary/aromatic N) is 6. The van der Waals surface area contributed by atoms with E-state index < -0.39 is 0 Å². The van der Waals surface area contributed by atoms with Gasteiger partial charge >= 0.3 is 0 Å². The van der Waals surface area contributed by atoms with Crippen LogP contribution in [0.25, 0.3) is 120 Å². The molecular weight excluding hydrogens is 1590 g/mol. The first kappa shape index (κ1) is 81.0. The molecule has 0 aromatic heterocycles. The Morgan fingerprint density at radius 3 is 0.573 bits per heavy atom. The predicted octanol–water partition coefficient (Wildman–Crippen LogP) is 35.0. The van der Waals surface area contributed by atoms with Gasteiger partial charge in [0.15, 0.2) is 0 Å². The van der Waals surface area contributed by atoms with E-state index in [0.29, 0.717) is 0 Å². The van der Waals surface area contributed by atoms with E-state index in [9.17, 15) is 0 Å². The Labute approximate surface area is 765 Å². The molecule has 624 valence electrons. The Balaban J connectivity index is 0.000000119. The molecule has 0 unspecified atom stereocenters. The van der Waals surface area contributed by atoms with Gasteiger partial charge in [0.05, 0.1) is 34.1 Å². The van der Waals surface area contributed by atoms with E-state index in [4.69, 9.17) is 0 Å². The molecule has 0 amide bonds.